The van der Waals surface area contributed by atoms with E-state index in [1.54, 1.807) is 24.3 Å². The first kappa shape index (κ1) is 12.8. The third kappa shape index (κ3) is 2.16. The molecule has 0 aliphatic carbocycles. The van der Waals surface area contributed by atoms with Gasteiger partial charge in [0.2, 0.25) is 0 Å². The first-order valence-electron chi connectivity index (χ1n) is 6.24. The van der Waals surface area contributed by atoms with Crippen LogP contribution in [0.3, 0.4) is 0 Å². The molecule has 1 unspecified atom stereocenters. The molecule has 1 aromatic rings. The fourth-order valence-corrected chi connectivity index (χ4v) is 2.29. The third-order valence-electron chi connectivity index (χ3n) is 3.30. The van der Waals surface area contributed by atoms with E-state index in [9.17, 15) is 9.59 Å². The Bertz CT molecular complexity index is 435. The fraction of sp³-hybridized carbons (Fsp3) is 0.429. The van der Waals surface area contributed by atoms with Crippen LogP contribution in [0.4, 0.5) is 0 Å². The SMILES string of the molecule is CC(CCCCO)N1C(=O)c2ccccc2C1=O. The van der Waals surface area contributed by atoms with Crippen LogP contribution < -0.4 is 0 Å². The number of hydrogen-bond acceptors (Lipinski definition) is 3. The van der Waals surface area contributed by atoms with E-state index < -0.39 is 0 Å². The average Bonchev–Trinajstić information content (AvgIpc) is 2.63. The minimum Gasteiger partial charge on any atom is -0.396 e. The van der Waals surface area contributed by atoms with E-state index in [0.717, 1.165) is 12.8 Å². The largest absolute Gasteiger partial charge is 0.396 e. The van der Waals surface area contributed by atoms with Gasteiger partial charge in [0.15, 0.2) is 0 Å². The number of benzene rings is 1. The summed E-state index contributed by atoms with van der Waals surface area (Å²) in [7, 11) is 0. The van der Waals surface area contributed by atoms with Gasteiger partial charge in [0.25, 0.3) is 11.8 Å². The highest BCUT2D eigenvalue weighted by Gasteiger charge is 2.37. The Morgan fingerprint density at radius 2 is 1.67 bits per heavy atom. The van der Waals surface area contributed by atoms with Crippen molar-refractivity contribution in [3.8, 4) is 0 Å². The molecule has 1 aliphatic rings. The second-order valence-electron chi connectivity index (χ2n) is 4.59. The number of hydrogen-bond donors (Lipinski definition) is 1. The Labute approximate surface area is 106 Å². The lowest BCUT2D eigenvalue weighted by molar-refractivity contribution is 0.0587. The first-order valence-corrected chi connectivity index (χ1v) is 6.24. The number of carbonyl (C=O) groups is 2. The summed E-state index contributed by atoms with van der Waals surface area (Å²) >= 11 is 0. The summed E-state index contributed by atoms with van der Waals surface area (Å²) in [5.74, 6) is -0.404. The Morgan fingerprint density at radius 3 is 2.17 bits per heavy atom. The molecule has 2 rings (SSSR count). The number of aliphatic hydroxyl groups excluding tert-OH is 1. The smallest absolute Gasteiger partial charge is 0.261 e. The summed E-state index contributed by atoms with van der Waals surface area (Å²) in [5.41, 5.74) is 0.994. The summed E-state index contributed by atoms with van der Waals surface area (Å²) in [6.45, 7) is 2.02. The van der Waals surface area contributed by atoms with Crippen LogP contribution in [-0.4, -0.2) is 34.5 Å². The quantitative estimate of drug-likeness (QED) is 0.638. The molecule has 0 aromatic heterocycles. The van der Waals surface area contributed by atoms with Crippen LogP contribution in [0.1, 0.15) is 46.9 Å². The molecule has 1 atom stereocenters. The van der Waals surface area contributed by atoms with Crippen LogP contribution in [-0.2, 0) is 0 Å². The molecule has 4 heteroatoms. The van der Waals surface area contributed by atoms with E-state index in [1.165, 1.54) is 4.90 Å². The highest BCUT2D eigenvalue weighted by Crippen LogP contribution is 2.25. The van der Waals surface area contributed by atoms with Gasteiger partial charge in [0.1, 0.15) is 0 Å². The lowest BCUT2D eigenvalue weighted by Gasteiger charge is -2.22. The number of amides is 2. The van der Waals surface area contributed by atoms with Crippen molar-refractivity contribution in [2.24, 2.45) is 0 Å². The Kier molecular flexibility index (Phi) is 3.77. The standard InChI is InChI=1S/C14H17NO3/c1-10(6-4-5-9-16)15-13(17)11-7-2-3-8-12(11)14(15)18/h2-3,7-8,10,16H,4-6,9H2,1H3. The van der Waals surface area contributed by atoms with E-state index in [-0.39, 0.29) is 24.5 Å². The maximum Gasteiger partial charge on any atom is 0.261 e. The molecule has 0 bridgehead atoms. The van der Waals surface area contributed by atoms with E-state index in [2.05, 4.69) is 0 Å². The van der Waals surface area contributed by atoms with Gasteiger partial charge in [0, 0.05) is 12.6 Å². The number of unbranched alkanes of at least 4 members (excludes halogenated alkanes) is 1. The van der Waals surface area contributed by atoms with Crippen LogP contribution in [0, 0.1) is 0 Å². The number of carbonyl (C=O) groups excluding carboxylic acids is 2. The van der Waals surface area contributed by atoms with Gasteiger partial charge in [-0.3, -0.25) is 14.5 Å². The van der Waals surface area contributed by atoms with Gasteiger partial charge in [0.05, 0.1) is 11.1 Å². The monoisotopic (exact) mass is 247 g/mol. The summed E-state index contributed by atoms with van der Waals surface area (Å²) < 4.78 is 0. The molecule has 18 heavy (non-hydrogen) atoms. The molecular formula is C14H17NO3. The molecule has 96 valence electrons. The molecule has 0 spiro atoms. The summed E-state index contributed by atoms with van der Waals surface area (Å²) in [5, 5.41) is 8.74. The first-order chi connectivity index (χ1) is 8.66. The van der Waals surface area contributed by atoms with Gasteiger partial charge in [-0.1, -0.05) is 12.1 Å². The van der Waals surface area contributed by atoms with E-state index in [1.807, 2.05) is 6.92 Å². The van der Waals surface area contributed by atoms with Crippen molar-refractivity contribution < 1.29 is 14.7 Å². The van der Waals surface area contributed by atoms with Crippen molar-refractivity contribution in [2.45, 2.75) is 32.2 Å². The van der Waals surface area contributed by atoms with Crippen molar-refractivity contribution in [3.05, 3.63) is 35.4 Å². The molecule has 2 amide bonds. The van der Waals surface area contributed by atoms with Crippen LogP contribution in [0.15, 0.2) is 24.3 Å². The lowest BCUT2D eigenvalue weighted by Crippen LogP contribution is -2.37. The van der Waals surface area contributed by atoms with Crippen molar-refractivity contribution in [1.82, 2.24) is 4.90 Å². The van der Waals surface area contributed by atoms with Crippen molar-refractivity contribution in [3.63, 3.8) is 0 Å². The van der Waals surface area contributed by atoms with Crippen molar-refractivity contribution in [2.75, 3.05) is 6.61 Å². The zero-order valence-corrected chi connectivity index (χ0v) is 10.4. The van der Waals surface area contributed by atoms with Crippen LogP contribution >= 0.6 is 0 Å². The van der Waals surface area contributed by atoms with Crippen LogP contribution in [0.2, 0.25) is 0 Å². The fourth-order valence-electron chi connectivity index (χ4n) is 2.29. The van der Waals surface area contributed by atoms with E-state index in [0.29, 0.717) is 17.5 Å². The van der Waals surface area contributed by atoms with Crippen LogP contribution in [0.25, 0.3) is 0 Å². The van der Waals surface area contributed by atoms with Crippen molar-refractivity contribution in [1.29, 1.82) is 0 Å². The minimum absolute atomic E-state index is 0.121. The zero-order chi connectivity index (χ0) is 13.1. The predicted molar refractivity (Wildman–Crippen MR) is 67.3 cm³/mol. The Balaban J connectivity index is 2.13. The number of nitrogens with zero attached hydrogens (tertiary/aromatic N) is 1. The van der Waals surface area contributed by atoms with Gasteiger partial charge >= 0.3 is 0 Å². The molecule has 0 saturated heterocycles. The number of rotatable bonds is 5. The van der Waals surface area contributed by atoms with Gasteiger partial charge in [-0.2, -0.15) is 0 Å². The predicted octanol–water partition coefficient (Wildman–Crippen LogP) is 1.83. The van der Waals surface area contributed by atoms with Gasteiger partial charge < -0.3 is 5.11 Å². The highest BCUT2D eigenvalue weighted by atomic mass is 16.3. The number of fused-ring (bicyclic) bond motifs is 1. The van der Waals surface area contributed by atoms with E-state index in [4.69, 9.17) is 5.11 Å². The van der Waals surface area contributed by atoms with Crippen molar-refractivity contribution >= 4 is 11.8 Å². The van der Waals surface area contributed by atoms with Gasteiger partial charge in [-0.15, -0.1) is 0 Å². The van der Waals surface area contributed by atoms with Gasteiger partial charge in [-0.05, 0) is 38.3 Å². The molecule has 1 aliphatic heterocycles. The lowest BCUT2D eigenvalue weighted by atomic mass is 10.1. The molecular weight excluding hydrogens is 230 g/mol. The average molecular weight is 247 g/mol. The summed E-state index contributed by atoms with van der Waals surface area (Å²) in [6, 6.07) is 6.80. The highest BCUT2D eigenvalue weighted by molar-refractivity contribution is 6.21. The van der Waals surface area contributed by atoms with Crippen LogP contribution in [0.5, 0.6) is 0 Å². The molecule has 1 heterocycles. The molecule has 0 saturated carbocycles. The molecule has 0 fully saturated rings. The second-order valence-corrected chi connectivity index (χ2v) is 4.59. The normalized spacial score (nSPS) is 16.0. The molecule has 1 N–H and O–H groups in total. The molecule has 0 radical (unpaired) electrons. The molecule has 4 nitrogen and oxygen atoms in total. The third-order valence-corrected chi connectivity index (χ3v) is 3.30. The summed E-state index contributed by atoms with van der Waals surface area (Å²) in [4.78, 5) is 25.6. The Morgan fingerprint density at radius 1 is 1.11 bits per heavy atom. The minimum atomic E-state index is -0.202. The zero-order valence-electron chi connectivity index (χ0n) is 10.4. The number of aliphatic hydroxyl groups is 1. The number of imide groups is 1. The Hall–Kier alpha value is -1.68. The maximum absolute atomic E-state index is 12.1. The summed E-state index contributed by atoms with van der Waals surface area (Å²) in [6.07, 6.45) is 2.24. The van der Waals surface area contributed by atoms with E-state index >= 15 is 0 Å². The topological polar surface area (TPSA) is 57.6 Å². The molecule has 1 aromatic carbocycles. The second kappa shape index (κ2) is 5.31. The maximum atomic E-state index is 12.1. The van der Waals surface area contributed by atoms with Gasteiger partial charge in [-0.25, -0.2) is 0 Å².